The molecule has 0 aromatic carbocycles. The number of nitrogens with one attached hydrogen (secondary N) is 3. The maximum atomic E-state index is 11.6. The third-order valence-corrected chi connectivity index (χ3v) is 3.32. The smallest absolute Gasteiger partial charge is 0.322 e. The summed E-state index contributed by atoms with van der Waals surface area (Å²) in [5, 5.41) is 7.27. The van der Waals surface area contributed by atoms with Crippen LogP contribution in [0.2, 0.25) is 0 Å². The molecule has 1 aliphatic rings. The van der Waals surface area contributed by atoms with Crippen molar-refractivity contribution in [1.82, 2.24) is 20.5 Å². The molecule has 22 heavy (non-hydrogen) atoms. The van der Waals surface area contributed by atoms with Crippen molar-refractivity contribution >= 4 is 17.8 Å². The minimum Gasteiger partial charge on any atom is -0.356 e. The van der Waals surface area contributed by atoms with Crippen LogP contribution in [-0.4, -0.2) is 35.0 Å². The van der Waals surface area contributed by atoms with E-state index < -0.39 is 18.0 Å². The molecule has 1 fully saturated rings. The molecule has 8 heteroatoms. The zero-order valence-corrected chi connectivity index (χ0v) is 12.0. The second-order valence-corrected chi connectivity index (χ2v) is 4.99. The molecule has 1 aliphatic heterocycles. The number of amides is 4. The summed E-state index contributed by atoms with van der Waals surface area (Å²) in [6.07, 6.45) is 2.76. The number of carbonyl (C=O) groups is 3. The van der Waals surface area contributed by atoms with E-state index in [1.165, 1.54) is 6.07 Å². The van der Waals surface area contributed by atoms with Crippen molar-refractivity contribution < 1.29 is 14.4 Å². The van der Waals surface area contributed by atoms with E-state index in [0.29, 0.717) is 19.5 Å². The van der Waals surface area contributed by atoms with Gasteiger partial charge in [-0.2, -0.15) is 0 Å². The van der Waals surface area contributed by atoms with Crippen LogP contribution < -0.4 is 21.5 Å². The van der Waals surface area contributed by atoms with Gasteiger partial charge in [0.1, 0.15) is 6.04 Å². The molecule has 0 spiro atoms. The van der Waals surface area contributed by atoms with Gasteiger partial charge in [0, 0.05) is 31.8 Å². The van der Waals surface area contributed by atoms with Gasteiger partial charge in [0.15, 0.2) is 0 Å². The van der Waals surface area contributed by atoms with Crippen LogP contribution in [0.4, 0.5) is 4.79 Å². The maximum absolute atomic E-state index is 11.6. The molecule has 2 heterocycles. The minimum atomic E-state index is -0.638. The van der Waals surface area contributed by atoms with Crippen LogP contribution in [0.5, 0.6) is 0 Å². The molecule has 0 saturated carbocycles. The Hall–Kier alpha value is -2.64. The van der Waals surface area contributed by atoms with Crippen LogP contribution in [0.3, 0.4) is 0 Å². The lowest BCUT2D eigenvalue weighted by atomic mass is 10.1. The lowest BCUT2D eigenvalue weighted by Gasteiger charge is -2.08. The lowest BCUT2D eigenvalue weighted by Crippen LogP contribution is -2.32. The van der Waals surface area contributed by atoms with E-state index in [1.54, 1.807) is 22.9 Å². The zero-order chi connectivity index (χ0) is 15.9. The lowest BCUT2D eigenvalue weighted by molar-refractivity contribution is -0.122. The molecule has 0 aliphatic carbocycles. The topological polar surface area (TPSA) is 109 Å². The summed E-state index contributed by atoms with van der Waals surface area (Å²) in [5.74, 6) is -0.587. The van der Waals surface area contributed by atoms with Crippen LogP contribution in [0.25, 0.3) is 0 Å². The van der Waals surface area contributed by atoms with Crippen LogP contribution >= 0.6 is 0 Å². The highest BCUT2D eigenvalue weighted by molar-refractivity contribution is 6.04. The number of nitrogens with zero attached hydrogens (tertiary/aromatic N) is 1. The number of carbonyl (C=O) groups excluding carboxylic acids is 3. The molecule has 1 aromatic rings. The Labute approximate surface area is 126 Å². The predicted octanol–water partition coefficient (Wildman–Crippen LogP) is -0.657. The number of urea groups is 1. The first-order valence-electron chi connectivity index (χ1n) is 7.10. The van der Waals surface area contributed by atoms with Crippen LogP contribution in [0, 0.1) is 0 Å². The van der Waals surface area contributed by atoms with Gasteiger partial charge in [-0.3, -0.25) is 19.7 Å². The monoisotopic (exact) mass is 306 g/mol. The number of hydrogen-bond donors (Lipinski definition) is 3. The molecule has 3 N–H and O–H groups in total. The molecule has 0 bridgehead atoms. The van der Waals surface area contributed by atoms with E-state index in [4.69, 9.17) is 0 Å². The fourth-order valence-electron chi connectivity index (χ4n) is 2.15. The summed E-state index contributed by atoms with van der Waals surface area (Å²) in [5.41, 5.74) is -0.0724. The Morgan fingerprint density at radius 1 is 1.27 bits per heavy atom. The summed E-state index contributed by atoms with van der Waals surface area (Å²) in [4.78, 5) is 45.3. The zero-order valence-electron chi connectivity index (χ0n) is 12.0. The first-order valence-corrected chi connectivity index (χ1v) is 7.10. The van der Waals surface area contributed by atoms with Crippen LogP contribution in [0.15, 0.2) is 29.2 Å². The summed E-state index contributed by atoms with van der Waals surface area (Å²) in [6, 6.07) is 3.78. The molecule has 1 aromatic heterocycles. The Kier molecular flexibility index (Phi) is 5.29. The van der Waals surface area contributed by atoms with Crippen molar-refractivity contribution in [3.63, 3.8) is 0 Å². The van der Waals surface area contributed by atoms with Crippen molar-refractivity contribution in [2.45, 2.75) is 31.8 Å². The number of pyridine rings is 1. The van der Waals surface area contributed by atoms with Crippen molar-refractivity contribution in [2.24, 2.45) is 0 Å². The number of aryl methyl sites for hydroxylation is 1. The predicted molar refractivity (Wildman–Crippen MR) is 78.0 cm³/mol. The van der Waals surface area contributed by atoms with Crippen molar-refractivity contribution in [1.29, 1.82) is 0 Å². The van der Waals surface area contributed by atoms with E-state index in [1.807, 2.05) is 0 Å². The van der Waals surface area contributed by atoms with Gasteiger partial charge in [-0.15, -0.1) is 0 Å². The summed E-state index contributed by atoms with van der Waals surface area (Å²) in [7, 11) is 0. The average Bonchev–Trinajstić information content (AvgIpc) is 2.81. The number of rotatable bonds is 7. The second-order valence-electron chi connectivity index (χ2n) is 4.99. The first-order chi connectivity index (χ1) is 10.6. The normalized spacial score (nSPS) is 17.0. The standard InChI is InChI=1S/C14H18N4O4/c19-11(6-5-10-13(21)17-14(22)16-10)15-7-3-9-18-8-2-1-4-12(18)20/h1-2,4,8,10H,3,5-7,9H2,(H,15,19)(H2,16,17,21,22)/t10-/m1/s1. The van der Waals surface area contributed by atoms with Gasteiger partial charge in [-0.1, -0.05) is 6.07 Å². The quantitative estimate of drug-likeness (QED) is 0.459. The third kappa shape index (κ3) is 4.44. The fourth-order valence-corrected chi connectivity index (χ4v) is 2.15. The van der Waals surface area contributed by atoms with Crippen molar-refractivity contribution in [2.75, 3.05) is 6.54 Å². The van der Waals surface area contributed by atoms with Crippen LogP contribution in [0.1, 0.15) is 19.3 Å². The molecule has 8 nitrogen and oxygen atoms in total. The molecule has 1 atom stereocenters. The summed E-state index contributed by atoms with van der Waals surface area (Å²) < 4.78 is 1.57. The molecule has 0 radical (unpaired) electrons. The number of aromatic nitrogens is 1. The average molecular weight is 306 g/mol. The molecule has 0 unspecified atom stereocenters. The van der Waals surface area contributed by atoms with Gasteiger partial charge >= 0.3 is 6.03 Å². The highest BCUT2D eigenvalue weighted by Crippen LogP contribution is 2.02. The second kappa shape index (κ2) is 7.39. The molecule has 4 amide bonds. The van der Waals surface area contributed by atoms with Gasteiger partial charge in [0.05, 0.1) is 0 Å². The fraction of sp³-hybridized carbons (Fsp3) is 0.429. The Balaban J connectivity index is 1.62. The van der Waals surface area contributed by atoms with E-state index in [0.717, 1.165) is 0 Å². The summed E-state index contributed by atoms with van der Waals surface area (Å²) >= 11 is 0. The molecular weight excluding hydrogens is 288 g/mol. The highest BCUT2D eigenvalue weighted by atomic mass is 16.2. The van der Waals surface area contributed by atoms with E-state index in [9.17, 15) is 19.2 Å². The number of hydrogen-bond acceptors (Lipinski definition) is 4. The van der Waals surface area contributed by atoms with Gasteiger partial charge in [-0.05, 0) is 18.9 Å². The maximum Gasteiger partial charge on any atom is 0.322 e. The van der Waals surface area contributed by atoms with E-state index in [-0.39, 0.29) is 24.3 Å². The minimum absolute atomic E-state index is 0.0724. The van der Waals surface area contributed by atoms with Gasteiger partial charge in [0.2, 0.25) is 11.5 Å². The summed E-state index contributed by atoms with van der Waals surface area (Å²) in [6.45, 7) is 0.977. The first kappa shape index (κ1) is 15.7. The van der Waals surface area contributed by atoms with Gasteiger partial charge < -0.3 is 15.2 Å². The molecule has 118 valence electrons. The Bertz CT molecular complexity index is 625. The SMILES string of the molecule is O=C(CC[C@H]1NC(=O)NC1=O)NCCCn1ccccc1=O. The van der Waals surface area contributed by atoms with Crippen LogP contribution in [-0.2, 0) is 16.1 Å². The molecule has 2 rings (SSSR count). The molecular formula is C14H18N4O4. The van der Waals surface area contributed by atoms with E-state index >= 15 is 0 Å². The van der Waals surface area contributed by atoms with Crippen molar-refractivity contribution in [3.05, 3.63) is 34.7 Å². The Morgan fingerprint density at radius 3 is 2.77 bits per heavy atom. The number of imide groups is 1. The van der Waals surface area contributed by atoms with Crippen molar-refractivity contribution in [3.8, 4) is 0 Å². The molecule has 1 saturated heterocycles. The largest absolute Gasteiger partial charge is 0.356 e. The Morgan fingerprint density at radius 2 is 2.09 bits per heavy atom. The third-order valence-electron chi connectivity index (χ3n) is 3.32. The van der Waals surface area contributed by atoms with Gasteiger partial charge in [0.25, 0.3) is 5.91 Å². The highest BCUT2D eigenvalue weighted by Gasteiger charge is 2.29. The van der Waals surface area contributed by atoms with E-state index in [2.05, 4.69) is 16.0 Å². The van der Waals surface area contributed by atoms with Gasteiger partial charge in [-0.25, -0.2) is 4.79 Å².